The molecule has 8 heteroatoms. The van der Waals surface area contributed by atoms with Crippen LogP contribution in [-0.4, -0.2) is 26.2 Å². The third kappa shape index (κ3) is 3.37. The maximum absolute atomic E-state index is 14.0. The second kappa shape index (κ2) is 5.98. The molecule has 0 saturated carbocycles. The van der Waals surface area contributed by atoms with Gasteiger partial charge >= 0.3 is 0 Å². The molecule has 1 N–H and O–H groups in total. The van der Waals surface area contributed by atoms with E-state index in [0.29, 0.717) is 28.4 Å². The molecule has 1 heterocycles. The minimum Gasteiger partial charge on any atom is -0.476 e. The molecule has 2 aromatic carbocycles. The molecule has 0 atom stereocenters. The van der Waals surface area contributed by atoms with Crippen molar-refractivity contribution >= 4 is 33.0 Å². The van der Waals surface area contributed by atoms with Crippen LogP contribution in [0.2, 0.25) is 0 Å². The van der Waals surface area contributed by atoms with Crippen molar-refractivity contribution in [2.45, 2.75) is 26.4 Å². The Kier molecular flexibility index (Phi) is 4.18. The van der Waals surface area contributed by atoms with Gasteiger partial charge in [0.05, 0.1) is 23.3 Å². The van der Waals surface area contributed by atoms with Gasteiger partial charge in [-0.15, -0.1) is 0 Å². The lowest BCUT2D eigenvalue weighted by atomic mass is 10.0. The Hall–Kier alpha value is -2.61. The van der Waals surface area contributed by atoms with Crippen LogP contribution in [0.15, 0.2) is 36.4 Å². The van der Waals surface area contributed by atoms with Crippen LogP contribution in [0.5, 0.6) is 5.75 Å². The molecule has 138 valence electrons. The fourth-order valence-corrected chi connectivity index (χ4v) is 3.29. The van der Waals surface area contributed by atoms with Crippen LogP contribution < -0.4 is 14.4 Å². The van der Waals surface area contributed by atoms with E-state index in [2.05, 4.69) is 4.72 Å². The molecule has 2 aromatic rings. The highest BCUT2D eigenvalue weighted by molar-refractivity contribution is 7.92. The van der Waals surface area contributed by atoms with Crippen LogP contribution in [0.4, 0.5) is 21.5 Å². The number of hydrogen-bond acceptors (Lipinski definition) is 4. The third-order valence-electron chi connectivity index (χ3n) is 4.00. The fourth-order valence-electron chi connectivity index (χ4n) is 2.73. The van der Waals surface area contributed by atoms with Crippen LogP contribution in [0.25, 0.3) is 0 Å². The number of sulfonamides is 1. The molecule has 0 aromatic heterocycles. The SMILES string of the molecule is Cc1ccc(N2C(=O)C(C)(C)Oc3cc(NS(C)(=O)=O)ccc32)cc1F. The van der Waals surface area contributed by atoms with Crippen molar-refractivity contribution in [1.82, 2.24) is 0 Å². The molecule has 3 rings (SSSR count). The molecule has 0 saturated heterocycles. The first-order chi connectivity index (χ1) is 12.0. The summed E-state index contributed by atoms with van der Waals surface area (Å²) in [5.74, 6) is -0.446. The van der Waals surface area contributed by atoms with Crippen molar-refractivity contribution < 1.29 is 22.3 Å². The lowest BCUT2D eigenvalue weighted by Gasteiger charge is -2.39. The number of amides is 1. The zero-order valence-electron chi connectivity index (χ0n) is 14.8. The molecule has 1 amide bonds. The second-order valence-corrected chi connectivity index (χ2v) is 8.49. The topological polar surface area (TPSA) is 75.7 Å². The largest absolute Gasteiger partial charge is 0.476 e. The minimum atomic E-state index is -3.45. The number of aryl methyl sites for hydroxylation is 1. The quantitative estimate of drug-likeness (QED) is 0.889. The molecule has 26 heavy (non-hydrogen) atoms. The molecule has 0 fully saturated rings. The van der Waals surface area contributed by atoms with Crippen LogP contribution >= 0.6 is 0 Å². The predicted octanol–water partition coefficient (Wildman–Crippen LogP) is 3.34. The van der Waals surface area contributed by atoms with Crippen LogP contribution in [0, 0.1) is 12.7 Å². The zero-order valence-corrected chi connectivity index (χ0v) is 15.6. The van der Waals surface area contributed by atoms with Gasteiger partial charge in [0.1, 0.15) is 11.6 Å². The van der Waals surface area contributed by atoms with Crippen LogP contribution in [-0.2, 0) is 14.8 Å². The Balaban J connectivity index is 2.14. The van der Waals surface area contributed by atoms with E-state index in [1.54, 1.807) is 39.0 Å². The van der Waals surface area contributed by atoms with Gasteiger partial charge in [-0.1, -0.05) is 6.07 Å². The summed E-state index contributed by atoms with van der Waals surface area (Å²) in [6, 6.07) is 9.13. The molecule has 0 aliphatic carbocycles. The van der Waals surface area contributed by atoms with Crippen molar-refractivity contribution in [3.63, 3.8) is 0 Å². The van der Waals surface area contributed by atoms with Gasteiger partial charge in [0, 0.05) is 6.07 Å². The van der Waals surface area contributed by atoms with E-state index in [-0.39, 0.29) is 5.91 Å². The molecule has 0 radical (unpaired) electrons. The summed E-state index contributed by atoms with van der Waals surface area (Å²) in [6.07, 6.45) is 1.04. The lowest BCUT2D eigenvalue weighted by molar-refractivity contribution is -0.131. The van der Waals surface area contributed by atoms with Crippen molar-refractivity contribution in [3.05, 3.63) is 47.8 Å². The first-order valence-electron chi connectivity index (χ1n) is 7.89. The first-order valence-corrected chi connectivity index (χ1v) is 9.79. The highest BCUT2D eigenvalue weighted by Gasteiger charge is 2.42. The number of carbonyl (C=O) groups excluding carboxylic acids is 1. The predicted molar refractivity (Wildman–Crippen MR) is 97.9 cm³/mol. The fraction of sp³-hybridized carbons (Fsp3) is 0.278. The van der Waals surface area contributed by atoms with Gasteiger partial charge in [0.25, 0.3) is 5.91 Å². The van der Waals surface area contributed by atoms with Crippen molar-refractivity contribution in [2.75, 3.05) is 15.9 Å². The number of anilines is 3. The average molecular weight is 378 g/mol. The van der Waals surface area contributed by atoms with E-state index in [4.69, 9.17) is 4.74 Å². The highest BCUT2D eigenvalue weighted by Crippen LogP contribution is 2.43. The number of rotatable bonds is 3. The molecular formula is C18H19FN2O4S. The van der Waals surface area contributed by atoms with Gasteiger partial charge in [-0.25, -0.2) is 12.8 Å². The van der Waals surface area contributed by atoms with Gasteiger partial charge in [-0.3, -0.25) is 14.4 Å². The Morgan fingerprint density at radius 3 is 2.46 bits per heavy atom. The van der Waals surface area contributed by atoms with Gasteiger partial charge in [0.2, 0.25) is 10.0 Å². The Bertz CT molecular complexity index is 1000. The maximum atomic E-state index is 14.0. The highest BCUT2D eigenvalue weighted by atomic mass is 32.2. The second-order valence-electron chi connectivity index (χ2n) is 6.74. The monoisotopic (exact) mass is 378 g/mol. The number of ether oxygens (including phenoxy) is 1. The number of nitrogens with zero attached hydrogens (tertiary/aromatic N) is 1. The molecule has 1 aliphatic rings. The normalized spacial score (nSPS) is 16.0. The van der Waals surface area contributed by atoms with Gasteiger partial charge in [0.15, 0.2) is 5.60 Å². The summed E-state index contributed by atoms with van der Waals surface area (Å²) in [5.41, 5.74) is 0.377. The summed E-state index contributed by atoms with van der Waals surface area (Å²) < 4.78 is 45.1. The smallest absolute Gasteiger partial charge is 0.275 e. The number of carbonyl (C=O) groups is 1. The van der Waals surface area contributed by atoms with Crippen molar-refractivity contribution in [1.29, 1.82) is 0 Å². The summed E-state index contributed by atoms with van der Waals surface area (Å²) in [4.78, 5) is 14.3. The van der Waals surface area contributed by atoms with E-state index in [0.717, 1.165) is 6.26 Å². The average Bonchev–Trinajstić information content (AvgIpc) is 2.50. The molecule has 6 nitrogen and oxygen atoms in total. The van der Waals surface area contributed by atoms with E-state index >= 15 is 0 Å². The van der Waals surface area contributed by atoms with E-state index < -0.39 is 21.4 Å². The third-order valence-corrected chi connectivity index (χ3v) is 4.61. The number of fused-ring (bicyclic) bond motifs is 1. The Labute approximate surface area is 151 Å². The molecular weight excluding hydrogens is 359 g/mol. The number of halogens is 1. The molecule has 1 aliphatic heterocycles. The summed E-state index contributed by atoms with van der Waals surface area (Å²) in [6.45, 7) is 4.85. The first kappa shape index (κ1) is 18.2. The van der Waals surface area contributed by atoms with Crippen LogP contribution in [0.1, 0.15) is 19.4 Å². The summed E-state index contributed by atoms with van der Waals surface area (Å²) in [5, 5.41) is 0. The van der Waals surface area contributed by atoms with E-state index in [1.807, 2.05) is 0 Å². The Morgan fingerprint density at radius 1 is 1.15 bits per heavy atom. The number of hydrogen-bond donors (Lipinski definition) is 1. The lowest BCUT2D eigenvalue weighted by Crippen LogP contribution is -2.50. The standard InChI is InChI=1S/C18H19FN2O4S/c1-11-5-7-13(10-14(11)19)21-15-8-6-12(20-26(4,23)24)9-16(15)25-18(2,3)17(21)22/h5-10,20H,1-4H3. The van der Waals surface area contributed by atoms with Gasteiger partial charge in [-0.05, 0) is 50.6 Å². The van der Waals surface area contributed by atoms with Crippen molar-refractivity contribution in [3.8, 4) is 5.75 Å². The van der Waals surface area contributed by atoms with Gasteiger partial charge < -0.3 is 4.74 Å². The number of nitrogens with one attached hydrogen (secondary N) is 1. The maximum Gasteiger partial charge on any atom is 0.275 e. The van der Waals surface area contributed by atoms with Gasteiger partial charge in [-0.2, -0.15) is 0 Å². The zero-order chi connectivity index (χ0) is 19.3. The van der Waals surface area contributed by atoms with Crippen LogP contribution in [0.3, 0.4) is 0 Å². The minimum absolute atomic E-state index is 0.312. The number of benzene rings is 2. The Morgan fingerprint density at radius 2 is 1.85 bits per heavy atom. The van der Waals surface area contributed by atoms with E-state index in [9.17, 15) is 17.6 Å². The van der Waals surface area contributed by atoms with Crippen molar-refractivity contribution in [2.24, 2.45) is 0 Å². The molecule has 0 unspecified atom stereocenters. The summed E-state index contributed by atoms with van der Waals surface area (Å²) in [7, 11) is -3.45. The molecule has 0 spiro atoms. The summed E-state index contributed by atoms with van der Waals surface area (Å²) >= 11 is 0. The molecule has 0 bridgehead atoms. The van der Waals surface area contributed by atoms with E-state index in [1.165, 1.54) is 23.1 Å².